The van der Waals surface area contributed by atoms with Gasteiger partial charge in [0.1, 0.15) is 0 Å². The number of aliphatic hydroxyl groups is 6. The summed E-state index contributed by atoms with van der Waals surface area (Å²) in [6.45, 7) is 3.51. The van der Waals surface area contributed by atoms with Crippen molar-refractivity contribution >= 4 is 0 Å². The fourth-order valence-corrected chi connectivity index (χ4v) is 1.52. The molecule has 0 aliphatic heterocycles. The van der Waals surface area contributed by atoms with Crippen molar-refractivity contribution in [3.05, 3.63) is 0 Å². The van der Waals surface area contributed by atoms with E-state index in [1.165, 1.54) is 0 Å². The van der Waals surface area contributed by atoms with Crippen LogP contribution in [0.4, 0.5) is 0 Å². The van der Waals surface area contributed by atoms with Crippen LogP contribution < -0.4 is 4.66 Å². The summed E-state index contributed by atoms with van der Waals surface area (Å²) in [6, 6.07) is 0. The summed E-state index contributed by atoms with van der Waals surface area (Å²) < 4.78 is 30.2. The molecule has 0 aromatic heterocycles. The maximum absolute atomic E-state index is 8.83. The Bertz CT molecular complexity index is 202. The molecule has 0 aromatic carbocycles. The standard InChI is InChI=1S/2C6H15NO3.ClH3O4.Ni/c2*8-4-1-7(2-5-9)3-6-10;2-1(3,4)5;/h2*8-10H,1-6H2;2-4H;/q;;;+2. The van der Waals surface area contributed by atoms with Crippen molar-refractivity contribution in [2.45, 2.75) is 0 Å². The van der Waals surface area contributed by atoms with Crippen LogP contribution in [0.25, 0.3) is 0 Å². The molecule has 0 aliphatic carbocycles. The van der Waals surface area contributed by atoms with Crippen LogP contribution in [0.2, 0.25) is 0 Å². The Labute approximate surface area is 165 Å². The number of nitrogens with zero attached hydrogens (tertiary/aromatic N) is 2. The van der Waals surface area contributed by atoms with Crippen molar-refractivity contribution in [1.29, 1.82) is 0 Å². The van der Waals surface area contributed by atoms with Crippen LogP contribution in [0.1, 0.15) is 0 Å². The number of rotatable bonds is 12. The average molecular weight is 460 g/mol. The monoisotopic (exact) mass is 458 g/mol. The third kappa shape index (κ3) is 39.4. The second-order valence-corrected chi connectivity index (χ2v) is 5.33. The van der Waals surface area contributed by atoms with Crippen molar-refractivity contribution in [2.24, 2.45) is 0 Å². The predicted octanol–water partition coefficient (Wildman–Crippen LogP) is -6.33. The molecule has 9 N–H and O–H groups in total. The van der Waals surface area contributed by atoms with E-state index in [0.29, 0.717) is 39.3 Å². The third-order valence-corrected chi connectivity index (χ3v) is 2.50. The number of halogens is 1. The zero-order chi connectivity index (χ0) is 20.1. The van der Waals surface area contributed by atoms with Gasteiger partial charge in [0.15, 0.2) is 0 Å². The van der Waals surface area contributed by atoms with Gasteiger partial charge in [0.25, 0.3) is 0 Å². The van der Waals surface area contributed by atoms with E-state index in [1.807, 2.05) is 0 Å². The first-order valence-electron chi connectivity index (χ1n) is 7.46. The molecule has 0 spiro atoms. The van der Waals surface area contributed by atoms with Gasteiger partial charge in [-0.25, -0.2) is 0 Å². The van der Waals surface area contributed by atoms with E-state index in [1.54, 1.807) is 9.80 Å². The van der Waals surface area contributed by atoms with E-state index in [-0.39, 0.29) is 56.1 Å². The Balaban J connectivity index is -0.000000145. The molecule has 0 saturated carbocycles. The van der Waals surface area contributed by atoms with Gasteiger partial charge in [-0.15, -0.1) is 0 Å². The second-order valence-electron chi connectivity index (χ2n) is 4.46. The van der Waals surface area contributed by atoms with Crippen molar-refractivity contribution in [3.8, 4) is 0 Å². The maximum atomic E-state index is 8.83. The molecule has 0 bridgehead atoms. The van der Waals surface area contributed by atoms with Gasteiger partial charge in [-0.2, -0.15) is 0 Å². The molecule has 14 heteroatoms. The Morgan fingerprint density at radius 3 is 0.692 bits per heavy atom. The minimum absolute atomic E-state index is 0. The van der Waals surface area contributed by atoms with E-state index in [9.17, 15) is 0 Å². The summed E-state index contributed by atoms with van der Waals surface area (Å²) in [5, 5.41) is 50.9. The quantitative estimate of drug-likeness (QED) is 0.125. The zero-order valence-electron chi connectivity index (χ0n) is 14.5. The summed E-state index contributed by atoms with van der Waals surface area (Å²) >= 11 is 0. The average Bonchev–Trinajstić information content (AvgIpc) is 2.48. The summed E-state index contributed by atoms with van der Waals surface area (Å²) in [7, 11) is -4.19. The Kier molecular flexibility index (Phi) is 32.9. The summed E-state index contributed by atoms with van der Waals surface area (Å²) in [5.41, 5.74) is 0. The van der Waals surface area contributed by atoms with Crippen LogP contribution in [0.3, 0.4) is 0 Å². The van der Waals surface area contributed by atoms with Crippen molar-refractivity contribution in [1.82, 2.24) is 9.80 Å². The van der Waals surface area contributed by atoms with Gasteiger partial charge < -0.3 is 30.6 Å². The molecule has 0 rings (SSSR count). The first-order valence-corrected chi connectivity index (χ1v) is 8.78. The fourth-order valence-electron chi connectivity index (χ4n) is 1.52. The summed E-state index contributed by atoms with van der Waals surface area (Å²) in [6.07, 6.45) is 0. The van der Waals surface area contributed by atoms with Crippen molar-refractivity contribution < 1.29 is 76.0 Å². The zero-order valence-corrected chi connectivity index (χ0v) is 16.3. The molecular weight excluding hydrogens is 426 g/mol. The van der Waals surface area contributed by atoms with Gasteiger partial charge in [0, 0.05) is 39.3 Å². The van der Waals surface area contributed by atoms with Gasteiger partial charge >= 0.3 is 45.4 Å². The molecule has 0 heterocycles. The number of hydrogen-bond acceptors (Lipinski definition) is 12. The Morgan fingerprint density at radius 2 is 0.615 bits per heavy atom. The first kappa shape index (κ1) is 33.9. The normalized spacial score (nSPS) is 11.2. The van der Waals surface area contributed by atoms with Crippen LogP contribution in [-0.2, 0) is 16.5 Å². The molecule has 0 amide bonds. The van der Waals surface area contributed by atoms with Gasteiger partial charge in [0.05, 0.1) is 39.6 Å². The number of hydrogen-bond donors (Lipinski definition) is 9. The van der Waals surface area contributed by atoms with Crippen molar-refractivity contribution in [3.63, 3.8) is 0 Å². The van der Waals surface area contributed by atoms with E-state index in [2.05, 4.69) is 0 Å². The third-order valence-electron chi connectivity index (χ3n) is 2.50. The van der Waals surface area contributed by atoms with Gasteiger partial charge in [-0.1, -0.05) is 0 Å². The molecule has 0 aromatic rings. The summed E-state index contributed by atoms with van der Waals surface area (Å²) in [4.78, 5) is 3.58. The van der Waals surface area contributed by atoms with Gasteiger partial charge in [0.2, 0.25) is 0 Å². The number of aliphatic hydroxyl groups excluding tert-OH is 6. The molecule has 0 fully saturated rings. The molecule has 0 unspecified atom stereocenters. The molecule has 0 atom stereocenters. The van der Waals surface area contributed by atoms with Gasteiger partial charge in [-0.05, 0) is 0 Å². The van der Waals surface area contributed by atoms with Crippen LogP contribution in [0.5, 0.6) is 0 Å². The van der Waals surface area contributed by atoms with E-state index >= 15 is 0 Å². The molecule has 0 radical (unpaired) electrons. The van der Waals surface area contributed by atoms with Crippen LogP contribution in [0.15, 0.2) is 0 Å². The van der Waals surface area contributed by atoms with E-state index in [4.69, 9.17) is 49.3 Å². The fraction of sp³-hybridized carbons (Fsp3) is 1.00. The Morgan fingerprint density at radius 1 is 0.500 bits per heavy atom. The SMILES string of the molecule is OCCN(CCO)CCO.OCCN(CCO)CCO.[Ni+2].[O-][Cl+](O)(O)O. The van der Waals surface area contributed by atoms with E-state index in [0.717, 1.165) is 0 Å². The predicted molar refractivity (Wildman–Crippen MR) is 82.1 cm³/mol. The van der Waals surface area contributed by atoms with Crippen molar-refractivity contribution in [2.75, 3.05) is 78.9 Å². The molecule has 26 heavy (non-hydrogen) atoms. The first-order chi connectivity index (χ1) is 11.7. The second kappa shape index (κ2) is 25.3. The molecule has 0 saturated heterocycles. The Hall–Kier alpha value is 0.304. The topological polar surface area (TPSA) is 212 Å². The van der Waals surface area contributed by atoms with Crippen LogP contribution in [-0.4, -0.2) is 133 Å². The van der Waals surface area contributed by atoms with Crippen LogP contribution >= 0.6 is 0 Å². The summed E-state index contributed by atoms with van der Waals surface area (Å²) in [5.74, 6) is 0. The van der Waals surface area contributed by atoms with E-state index < -0.39 is 10.2 Å². The molecule has 166 valence electrons. The minimum atomic E-state index is -4.19. The van der Waals surface area contributed by atoms with Gasteiger partial charge in [-0.3, -0.25) is 9.80 Å². The molecule has 12 nitrogen and oxygen atoms in total. The molecular formula is C12H33ClN2NiO10+2. The molecule has 0 aliphatic rings. The van der Waals surface area contributed by atoms with Crippen LogP contribution in [0, 0.1) is 10.2 Å².